The van der Waals surface area contributed by atoms with Gasteiger partial charge >= 0.3 is 6.09 Å². The minimum absolute atomic E-state index is 0.352. The minimum atomic E-state index is -0.501. The molecular formula is C9H12N2O2. The van der Waals surface area contributed by atoms with Crippen molar-refractivity contribution in [3.8, 4) is 5.88 Å². The van der Waals surface area contributed by atoms with Gasteiger partial charge in [0, 0.05) is 18.8 Å². The zero-order valence-electron chi connectivity index (χ0n) is 7.92. The van der Waals surface area contributed by atoms with Gasteiger partial charge in [-0.25, -0.2) is 9.78 Å². The van der Waals surface area contributed by atoms with Crippen LogP contribution in [-0.2, 0) is 0 Å². The molecule has 1 aromatic heterocycles. The van der Waals surface area contributed by atoms with E-state index in [0.717, 1.165) is 11.1 Å². The van der Waals surface area contributed by atoms with Gasteiger partial charge < -0.3 is 10.1 Å². The van der Waals surface area contributed by atoms with Crippen molar-refractivity contribution in [2.45, 2.75) is 13.8 Å². The van der Waals surface area contributed by atoms with Crippen LogP contribution in [-0.4, -0.2) is 18.1 Å². The van der Waals surface area contributed by atoms with Gasteiger partial charge in [0.15, 0.2) is 0 Å². The van der Waals surface area contributed by atoms with Crippen LogP contribution in [0, 0.1) is 13.8 Å². The highest BCUT2D eigenvalue weighted by Gasteiger charge is 2.05. The molecule has 4 heteroatoms. The van der Waals surface area contributed by atoms with E-state index in [9.17, 15) is 4.79 Å². The average molecular weight is 180 g/mol. The number of nitrogens with zero attached hydrogens (tertiary/aromatic N) is 1. The predicted octanol–water partition coefficient (Wildman–Crippen LogP) is 1.42. The van der Waals surface area contributed by atoms with Gasteiger partial charge in [-0.3, -0.25) is 0 Å². The van der Waals surface area contributed by atoms with E-state index in [1.165, 1.54) is 7.05 Å². The van der Waals surface area contributed by atoms with Crippen molar-refractivity contribution < 1.29 is 9.53 Å². The number of nitrogens with one attached hydrogen (secondary N) is 1. The summed E-state index contributed by atoms with van der Waals surface area (Å²) in [4.78, 5) is 14.8. The molecule has 0 saturated heterocycles. The highest BCUT2D eigenvalue weighted by atomic mass is 16.6. The number of carbonyl (C=O) groups excluding carboxylic acids is 1. The first-order chi connectivity index (χ1) is 6.13. The Hall–Kier alpha value is -1.58. The fourth-order valence-corrected chi connectivity index (χ4v) is 0.948. The summed E-state index contributed by atoms with van der Waals surface area (Å²) in [7, 11) is 1.51. The second-order valence-corrected chi connectivity index (χ2v) is 2.77. The molecule has 0 aliphatic heterocycles. The molecule has 0 radical (unpaired) electrons. The third kappa shape index (κ3) is 2.43. The Morgan fingerprint density at radius 1 is 1.54 bits per heavy atom. The molecule has 0 atom stereocenters. The van der Waals surface area contributed by atoms with Crippen molar-refractivity contribution in [1.29, 1.82) is 0 Å². The smallest absolute Gasteiger partial charge is 0.391 e. The Morgan fingerprint density at radius 2 is 2.23 bits per heavy atom. The number of carbonyl (C=O) groups is 1. The van der Waals surface area contributed by atoms with Gasteiger partial charge in [-0.15, -0.1) is 0 Å². The lowest BCUT2D eigenvalue weighted by Crippen LogP contribution is -2.22. The Labute approximate surface area is 76.9 Å². The lowest BCUT2D eigenvalue weighted by molar-refractivity contribution is 0.200. The summed E-state index contributed by atoms with van der Waals surface area (Å²) in [6, 6.07) is 1.91. The fourth-order valence-electron chi connectivity index (χ4n) is 0.948. The van der Waals surface area contributed by atoms with Crippen LogP contribution in [0.15, 0.2) is 12.3 Å². The summed E-state index contributed by atoms with van der Waals surface area (Å²) in [5.41, 5.74) is 1.89. The van der Waals surface area contributed by atoms with E-state index >= 15 is 0 Å². The largest absolute Gasteiger partial charge is 0.413 e. The highest BCUT2D eigenvalue weighted by molar-refractivity contribution is 5.69. The number of amides is 1. The Balaban J connectivity index is 2.83. The minimum Gasteiger partial charge on any atom is -0.391 e. The number of pyridine rings is 1. The van der Waals surface area contributed by atoms with Crippen LogP contribution in [0.5, 0.6) is 5.88 Å². The maximum Gasteiger partial charge on any atom is 0.413 e. The summed E-state index contributed by atoms with van der Waals surface area (Å²) >= 11 is 0. The Bertz CT molecular complexity index is 323. The zero-order valence-corrected chi connectivity index (χ0v) is 7.92. The average Bonchev–Trinajstić information content (AvgIpc) is 2.09. The number of aryl methyl sites for hydroxylation is 2. The van der Waals surface area contributed by atoms with Crippen molar-refractivity contribution >= 4 is 6.09 Å². The quantitative estimate of drug-likeness (QED) is 0.711. The van der Waals surface area contributed by atoms with Gasteiger partial charge in [-0.1, -0.05) is 0 Å². The van der Waals surface area contributed by atoms with E-state index in [1.54, 1.807) is 6.20 Å². The van der Waals surface area contributed by atoms with Crippen molar-refractivity contribution in [3.63, 3.8) is 0 Å². The first-order valence-electron chi connectivity index (χ1n) is 3.96. The molecule has 1 heterocycles. The summed E-state index contributed by atoms with van der Waals surface area (Å²) in [6.45, 7) is 3.78. The number of aromatic nitrogens is 1. The summed E-state index contributed by atoms with van der Waals surface area (Å²) in [5.74, 6) is 0.352. The normalized spacial score (nSPS) is 9.46. The molecule has 0 aromatic carbocycles. The number of hydrogen-bond donors (Lipinski definition) is 1. The first kappa shape index (κ1) is 9.51. The van der Waals surface area contributed by atoms with E-state index in [4.69, 9.17) is 4.74 Å². The summed E-state index contributed by atoms with van der Waals surface area (Å²) in [6.07, 6.45) is 1.16. The topological polar surface area (TPSA) is 51.2 Å². The van der Waals surface area contributed by atoms with Gasteiger partial charge in [0.05, 0.1) is 0 Å². The second kappa shape index (κ2) is 3.89. The monoisotopic (exact) mass is 180 g/mol. The van der Waals surface area contributed by atoms with Crippen LogP contribution in [0.4, 0.5) is 4.79 Å². The number of rotatable bonds is 1. The van der Waals surface area contributed by atoms with Gasteiger partial charge in [-0.05, 0) is 25.5 Å². The fraction of sp³-hybridized carbons (Fsp3) is 0.333. The van der Waals surface area contributed by atoms with Gasteiger partial charge in [0.25, 0.3) is 0 Å². The van der Waals surface area contributed by atoms with E-state index in [2.05, 4.69) is 10.3 Å². The molecule has 0 aliphatic carbocycles. The maximum atomic E-state index is 10.8. The molecule has 0 fully saturated rings. The van der Waals surface area contributed by atoms with E-state index in [-0.39, 0.29) is 0 Å². The summed E-state index contributed by atoms with van der Waals surface area (Å²) in [5, 5.41) is 2.35. The Morgan fingerprint density at radius 3 is 2.77 bits per heavy atom. The molecule has 13 heavy (non-hydrogen) atoms. The van der Waals surface area contributed by atoms with Crippen molar-refractivity contribution in [1.82, 2.24) is 10.3 Å². The van der Waals surface area contributed by atoms with E-state index in [0.29, 0.717) is 5.88 Å². The lowest BCUT2D eigenvalue weighted by atomic mass is 10.2. The van der Waals surface area contributed by atoms with Crippen LogP contribution in [0.3, 0.4) is 0 Å². The maximum absolute atomic E-state index is 10.8. The van der Waals surface area contributed by atoms with Crippen molar-refractivity contribution in [2.24, 2.45) is 0 Å². The summed E-state index contributed by atoms with van der Waals surface area (Å²) < 4.78 is 4.89. The predicted molar refractivity (Wildman–Crippen MR) is 48.8 cm³/mol. The molecule has 1 amide bonds. The van der Waals surface area contributed by atoms with E-state index < -0.39 is 6.09 Å². The third-order valence-electron chi connectivity index (χ3n) is 1.56. The highest BCUT2D eigenvalue weighted by Crippen LogP contribution is 2.14. The molecule has 1 N–H and O–H groups in total. The molecule has 4 nitrogen and oxygen atoms in total. The van der Waals surface area contributed by atoms with Crippen LogP contribution in [0.1, 0.15) is 11.1 Å². The van der Waals surface area contributed by atoms with Crippen LogP contribution in [0.2, 0.25) is 0 Å². The molecule has 0 aliphatic rings. The van der Waals surface area contributed by atoms with Crippen LogP contribution in [0.25, 0.3) is 0 Å². The second-order valence-electron chi connectivity index (χ2n) is 2.77. The van der Waals surface area contributed by atoms with E-state index in [1.807, 2.05) is 19.9 Å². The van der Waals surface area contributed by atoms with Crippen molar-refractivity contribution in [2.75, 3.05) is 7.05 Å². The van der Waals surface area contributed by atoms with Crippen LogP contribution < -0.4 is 10.1 Å². The van der Waals surface area contributed by atoms with Crippen LogP contribution >= 0.6 is 0 Å². The van der Waals surface area contributed by atoms with Gasteiger partial charge in [-0.2, -0.15) is 0 Å². The molecule has 0 unspecified atom stereocenters. The zero-order chi connectivity index (χ0) is 9.84. The molecule has 0 saturated carbocycles. The molecule has 0 spiro atoms. The molecule has 0 bridgehead atoms. The molecule has 1 rings (SSSR count). The van der Waals surface area contributed by atoms with Gasteiger partial charge in [0.1, 0.15) is 0 Å². The van der Waals surface area contributed by atoms with Gasteiger partial charge in [0.2, 0.25) is 5.88 Å². The lowest BCUT2D eigenvalue weighted by Gasteiger charge is -2.05. The SMILES string of the molecule is CNC(=O)Oc1ncc(C)cc1C. The first-order valence-corrected chi connectivity index (χ1v) is 3.96. The third-order valence-corrected chi connectivity index (χ3v) is 1.56. The molecule has 70 valence electrons. The number of ether oxygens (including phenoxy) is 1. The molecular weight excluding hydrogens is 168 g/mol. The molecule has 1 aromatic rings. The standard InChI is InChI=1S/C9H12N2O2/c1-6-4-7(2)8(11-5-6)13-9(12)10-3/h4-5H,1-3H3,(H,10,12). The van der Waals surface area contributed by atoms with Crippen molar-refractivity contribution in [3.05, 3.63) is 23.4 Å². The Kier molecular flexibility index (Phi) is 2.84. The number of hydrogen-bond acceptors (Lipinski definition) is 3.